The molecule has 0 aliphatic carbocycles. The van der Waals surface area contributed by atoms with Crippen LogP contribution in [0.3, 0.4) is 0 Å². The summed E-state index contributed by atoms with van der Waals surface area (Å²) in [5, 5.41) is 6.46. The highest BCUT2D eigenvalue weighted by Crippen LogP contribution is 2.26. The number of rotatable bonds is 8. The number of nitrogens with zero attached hydrogens (tertiary/aromatic N) is 6. The average Bonchev–Trinajstić information content (AvgIpc) is 3.43. The zero-order valence-electron chi connectivity index (χ0n) is 22.9. The molecule has 0 radical (unpaired) electrons. The lowest BCUT2D eigenvalue weighted by molar-refractivity contribution is 0.208. The Labute approximate surface area is 238 Å². The molecule has 2 aromatic heterocycles. The number of nitrogens with one attached hydrogen (secondary N) is 2. The Hall–Kier alpha value is -5.12. The third kappa shape index (κ3) is 5.91. The highest BCUT2D eigenvalue weighted by atomic mass is 16.5. The summed E-state index contributed by atoms with van der Waals surface area (Å²) in [4.78, 5) is 31.4. The number of ether oxygens (including phenoxy) is 1. The molecule has 1 fully saturated rings. The molecule has 1 saturated heterocycles. The molecule has 10 nitrogen and oxygen atoms in total. The summed E-state index contributed by atoms with van der Waals surface area (Å²) in [7, 11) is 1.67. The van der Waals surface area contributed by atoms with Gasteiger partial charge in [0, 0.05) is 44.0 Å². The Balaban J connectivity index is 1.25. The maximum atomic E-state index is 12.8. The van der Waals surface area contributed by atoms with Gasteiger partial charge in [-0.05, 0) is 23.8 Å². The molecule has 10 heteroatoms. The van der Waals surface area contributed by atoms with Crippen molar-refractivity contribution in [3.05, 3.63) is 102 Å². The first-order chi connectivity index (χ1) is 20.2. The standard InChI is InChI=1S/C31H32N8O2/c1-41-26-15-9-8-12-24(26)20-32-28-27-29(39(22-33-27)21-23-10-4-2-5-11-23)36-30(35-28)37-16-18-38(19-17-37)31(40)34-25-13-6-3-7-14-25/h2-15,22H,16-21H2,1H3,(H,34,40)(H,32,35,36). The van der Waals surface area contributed by atoms with E-state index in [1.165, 1.54) is 0 Å². The monoisotopic (exact) mass is 548 g/mol. The van der Waals surface area contributed by atoms with Crippen LogP contribution in [-0.2, 0) is 13.1 Å². The van der Waals surface area contributed by atoms with Crippen molar-refractivity contribution >= 4 is 34.6 Å². The number of fused-ring (bicyclic) bond motifs is 1. The van der Waals surface area contributed by atoms with Gasteiger partial charge >= 0.3 is 6.03 Å². The highest BCUT2D eigenvalue weighted by molar-refractivity contribution is 5.89. The quantitative estimate of drug-likeness (QED) is 0.286. The van der Waals surface area contributed by atoms with E-state index < -0.39 is 0 Å². The molecule has 0 atom stereocenters. The molecule has 6 rings (SSSR count). The molecule has 5 aromatic rings. The third-order valence-corrected chi connectivity index (χ3v) is 7.16. The Kier molecular flexibility index (Phi) is 7.61. The Morgan fingerprint density at radius 1 is 0.878 bits per heavy atom. The number of anilines is 3. The van der Waals surface area contributed by atoms with Gasteiger partial charge in [-0.1, -0.05) is 66.7 Å². The number of benzene rings is 3. The zero-order valence-corrected chi connectivity index (χ0v) is 22.9. The largest absolute Gasteiger partial charge is 0.496 e. The minimum atomic E-state index is -0.104. The van der Waals surface area contributed by atoms with E-state index in [1.807, 2.05) is 88.6 Å². The summed E-state index contributed by atoms with van der Waals surface area (Å²) in [6.07, 6.45) is 1.82. The van der Waals surface area contributed by atoms with Crippen LogP contribution in [0.1, 0.15) is 11.1 Å². The van der Waals surface area contributed by atoms with Crippen LogP contribution >= 0.6 is 0 Å². The van der Waals surface area contributed by atoms with E-state index >= 15 is 0 Å². The number of carbonyl (C=O) groups excluding carboxylic acids is 1. The van der Waals surface area contributed by atoms with Gasteiger partial charge in [0.2, 0.25) is 5.95 Å². The number of piperazine rings is 1. The number of urea groups is 1. The first-order valence-electron chi connectivity index (χ1n) is 13.7. The molecule has 41 heavy (non-hydrogen) atoms. The second kappa shape index (κ2) is 12.0. The van der Waals surface area contributed by atoms with Gasteiger partial charge in [-0.3, -0.25) is 0 Å². The maximum absolute atomic E-state index is 12.8. The minimum Gasteiger partial charge on any atom is -0.496 e. The van der Waals surface area contributed by atoms with Crippen molar-refractivity contribution in [2.24, 2.45) is 0 Å². The second-order valence-electron chi connectivity index (χ2n) is 9.84. The number of para-hydroxylation sites is 2. The number of carbonyl (C=O) groups is 1. The van der Waals surface area contributed by atoms with Crippen molar-refractivity contribution in [3.63, 3.8) is 0 Å². The van der Waals surface area contributed by atoms with Crippen LogP contribution < -0.4 is 20.3 Å². The smallest absolute Gasteiger partial charge is 0.321 e. The lowest BCUT2D eigenvalue weighted by Crippen LogP contribution is -2.50. The molecule has 2 amide bonds. The predicted molar refractivity (Wildman–Crippen MR) is 160 cm³/mol. The van der Waals surface area contributed by atoms with Crippen LogP contribution in [0.5, 0.6) is 5.75 Å². The molecule has 0 saturated carbocycles. The van der Waals surface area contributed by atoms with Crippen molar-refractivity contribution in [1.29, 1.82) is 0 Å². The van der Waals surface area contributed by atoms with Crippen molar-refractivity contribution in [2.75, 3.05) is 48.8 Å². The fraction of sp³-hybridized carbons (Fsp3) is 0.226. The van der Waals surface area contributed by atoms with Gasteiger partial charge < -0.3 is 29.7 Å². The average molecular weight is 549 g/mol. The van der Waals surface area contributed by atoms with E-state index in [4.69, 9.17) is 19.7 Å². The van der Waals surface area contributed by atoms with Gasteiger partial charge in [0.15, 0.2) is 17.0 Å². The van der Waals surface area contributed by atoms with Crippen LogP contribution in [0.4, 0.5) is 22.2 Å². The van der Waals surface area contributed by atoms with Gasteiger partial charge in [-0.2, -0.15) is 9.97 Å². The molecule has 3 heterocycles. The summed E-state index contributed by atoms with van der Waals surface area (Å²) < 4.78 is 7.59. The molecular formula is C31H32N8O2. The number of amides is 2. The summed E-state index contributed by atoms with van der Waals surface area (Å²) in [6.45, 7) is 3.53. The summed E-state index contributed by atoms with van der Waals surface area (Å²) in [5.74, 6) is 2.08. The van der Waals surface area contributed by atoms with Crippen molar-refractivity contribution in [2.45, 2.75) is 13.1 Å². The Morgan fingerprint density at radius 3 is 2.34 bits per heavy atom. The molecule has 3 aromatic carbocycles. The molecule has 1 aliphatic rings. The number of imidazole rings is 1. The number of methoxy groups -OCH3 is 1. The molecule has 1 aliphatic heterocycles. The van der Waals surface area contributed by atoms with Gasteiger partial charge in [0.1, 0.15) is 5.75 Å². The van der Waals surface area contributed by atoms with E-state index in [-0.39, 0.29) is 6.03 Å². The van der Waals surface area contributed by atoms with Crippen LogP contribution in [0.25, 0.3) is 11.2 Å². The SMILES string of the molecule is COc1ccccc1CNc1nc(N2CCN(C(=O)Nc3ccccc3)CC2)nc2c1ncn2Cc1ccccc1. The molecular weight excluding hydrogens is 516 g/mol. The van der Waals surface area contributed by atoms with Crippen LogP contribution in [-0.4, -0.2) is 63.7 Å². The lowest BCUT2D eigenvalue weighted by Gasteiger charge is -2.34. The van der Waals surface area contributed by atoms with E-state index in [0.29, 0.717) is 56.6 Å². The van der Waals surface area contributed by atoms with E-state index in [1.54, 1.807) is 7.11 Å². The maximum Gasteiger partial charge on any atom is 0.321 e. The third-order valence-electron chi connectivity index (χ3n) is 7.16. The molecule has 0 unspecified atom stereocenters. The normalized spacial score (nSPS) is 13.3. The number of aromatic nitrogens is 4. The summed E-state index contributed by atoms with van der Waals surface area (Å²) in [5.41, 5.74) is 4.43. The number of hydrogen-bond donors (Lipinski definition) is 2. The van der Waals surface area contributed by atoms with Crippen LogP contribution in [0, 0.1) is 0 Å². The minimum absolute atomic E-state index is 0.104. The number of hydrogen-bond acceptors (Lipinski definition) is 7. The Bertz CT molecular complexity index is 1620. The lowest BCUT2D eigenvalue weighted by atomic mass is 10.2. The molecule has 2 N–H and O–H groups in total. The highest BCUT2D eigenvalue weighted by Gasteiger charge is 2.25. The van der Waals surface area contributed by atoms with Crippen LogP contribution in [0.15, 0.2) is 91.3 Å². The van der Waals surface area contributed by atoms with Crippen LogP contribution in [0.2, 0.25) is 0 Å². The van der Waals surface area contributed by atoms with E-state index in [0.717, 1.165) is 28.2 Å². The Morgan fingerprint density at radius 2 is 1.59 bits per heavy atom. The van der Waals surface area contributed by atoms with E-state index in [9.17, 15) is 4.79 Å². The fourth-order valence-electron chi connectivity index (χ4n) is 4.95. The second-order valence-corrected chi connectivity index (χ2v) is 9.84. The van der Waals surface area contributed by atoms with Gasteiger partial charge in [0.25, 0.3) is 0 Å². The molecule has 0 bridgehead atoms. The molecule has 0 spiro atoms. The van der Waals surface area contributed by atoms with E-state index in [2.05, 4.69) is 27.7 Å². The van der Waals surface area contributed by atoms with Crippen molar-refractivity contribution in [3.8, 4) is 5.75 Å². The first-order valence-corrected chi connectivity index (χ1v) is 13.7. The zero-order chi connectivity index (χ0) is 28.0. The summed E-state index contributed by atoms with van der Waals surface area (Å²) >= 11 is 0. The van der Waals surface area contributed by atoms with Gasteiger partial charge in [-0.25, -0.2) is 9.78 Å². The van der Waals surface area contributed by atoms with Gasteiger partial charge in [-0.15, -0.1) is 0 Å². The van der Waals surface area contributed by atoms with Crippen molar-refractivity contribution < 1.29 is 9.53 Å². The van der Waals surface area contributed by atoms with Gasteiger partial charge in [0.05, 0.1) is 20.0 Å². The predicted octanol–water partition coefficient (Wildman–Crippen LogP) is 4.85. The topological polar surface area (TPSA) is 100 Å². The fourth-order valence-corrected chi connectivity index (χ4v) is 4.95. The molecule has 208 valence electrons. The summed E-state index contributed by atoms with van der Waals surface area (Å²) in [6, 6.07) is 27.6. The first kappa shape index (κ1) is 26.1. The van der Waals surface area contributed by atoms with Crippen molar-refractivity contribution in [1.82, 2.24) is 24.4 Å².